The van der Waals surface area contributed by atoms with Crippen LogP contribution < -0.4 is 10.6 Å². The van der Waals surface area contributed by atoms with Gasteiger partial charge in [-0.2, -0.15) is 4.37 Å². The summed E-state index contributed by atoms with van der Waals surface area (Å²) in [6.07, 6.45) is 0. The molecule has 0 atom stereocenters. The predicted molar refractivity (Wildman–Crippen MR) is 77.2 cm³/mol. The molecule has 0 fully saturated rings. The number of sulfonamides is 1. The Kier molecular flexibility index (Phi) is 5.53. The topological polar surface area (TPSA) is 88.8 Å². The highest BCUT2D eigenvalue weighted by Crippen LogP contribution is 2.35. The van der Waals surface area contributed by atoms with Gasteiger partial charge in [0.1, 0.15) is 5.00 Å². The summed E-state index contributed by atoms with van der Waals surface area (Å²) in [5.41, 5.74) is 5.69. The van der Waals surface area contributed by atoms with E-state index in [1.807, 2.05) is 6.92 Å². The van der Waals surface area contributed by atoms with Crippen molar-refractivity contribution in [2.45, 2.75) is 11.8 Å². The summed E-state index contributed by atoms with van der Waals surface area (Å²) < 4.78 is 34.8. The van der Waals surface area contributed by atoms with Crippen LogP contribution >= 0.6 is 11.5 Å². The molecule has 9 heteroatoms. The van der Waals surface area contributed by atoms with Gasteiger partial charge in [-0.05, 0) is 18.5 Å². The van der Waals surface area contributed by atoms with E-state index >= 15 is 0 Å². The van der Waals surface area contributed by atoms with Crippen molar-refractivity contribution in [3.8, 4) is 0 Å². The first-order valence-corrected chi connectivity index (χ1v) is 8.00. The highest BCUT2D eigenvalue weighted by atomic mass is 32.2. The normalized spacial score (nSPS) is 12.1. The third-order valence-corrected chi connectivity index (χ3v) is 5.50. The van der Waals surface area contributed by atoms with Crippen molar-refractivity contribution in [2.24, 2.45) is 0 Å². The summed E-state index contributed by atoms with van der Waals surface area (Å²) in [7, 11) is 1.13. The van der Waals surface area contributed by atoms with Crippen molar-refractivity contribution in [1.82, 2.24) is 8.68 Å². The molecule has 0 aliphatic heterocycles. The van der Waals surface area contributed by atoms with Crippen LogP contribution in [0.15, 0.2) is 4.90 Å². The molecule has 19 heavy (non-hydrogen) atoms. The van der Waals surface area contributed by atoms with E-state index in [1.54, 1.807) is 11.9 Å². The SMILES string of the molecule is CCOCCN(C)c1snc(N)c1S(=O)(=O)N(C)C. The summed E-state index contributed by atoms with van der Waals surface area (Å²) in [6.45, 7) is 3.63. The number of hydrogen-bond donors (Lipinski definition) is 1. The molecule has 0 radical (unpaired) electrons. The Balaban J connectivity index is 3.04. The zero-order valence-electron chi connectivity index (χ0n) is 11.6. The lowest BCUT2D eigenvalue weighted by atomic mass is 10.5. The summed E-state index contributed by atoms with van der Waals surface area (Å²) in [5, 5.41) is 0.533. The van der Waals surface area contributed by atoms with Crippen molar-refractivity contribution in [1.29, 1.82) is 0 Å². The highest BCUT2D eigenvalue weighted by molar-refractivity contribution is 7.89. The molecule has 0 spiro atoms. The zero-order chi connectivity index (χ0) is 14.6. The molecule has 0 aliphatic rings. The third kappa shape index (κ3) is 3.56. The number of anilines is 2. The van der Waals surface area contributed by atoms with E-state index in [4.69, 9.17) is 10.5 Å². The largest absolute Gasteiger partial charge is 0.382 e. The molecule has 0 bridgehead atoms. The van der Waals surface area contributed by atoms with Crippen molar-refractivity contribution in [3.05, 3.63) is 0 Å². The zero-order valence-corrected chi connectivity index (χ0v) is 13.2. The van der Waals surface area contributed by atoms with Gasteiger partial charge < -0.3 is 15.4 Å². The lowest BCUT2D eigenvalue weighted by molar-refractivity contribution is 0.154. The number of aromatic nitrogens is 1. The van der Waals surface area contributed by atoms with Crippen LogP contribution in [-0.4, -0.2) is 58.0 Å². The molecule has 0 saturated carbocycles. The van der Waals surface area contributed by atoms with Crippen molar-refractivity contribution in [2.75, 3.05) is 51.5 Å². The molecule has 110 valence electrons. The first-order chi connectivity index (χ1) is 8.82. The van der Waals surface area contributed by atoms with Crippen LogP contribution in [0.3, 0.4) is 0 Å². The van der Waals surface area contributed by atoms with Crippen molar-refractivity contribution in [3.63, 3.8) is 0 Å². The van der Waals surface area contributed by atoms with Gasteiger partial charge in [0.25, 0.3) is 0 Å². The third-order valence-electron chi connectivity index (χ3n) is 2.52. The Morgan fingerprint density at radius 3 is 2.53 bits per heavy atom. The molecular formula is C10H20N4O3S2. The van der Waals surface area contributed by atoms with E-state index in [-0.39, 0.29) is 10.7 Å². The smallest absolute Gasteiger partial charge is 0.249 e. The van der Waals surface area contributed by atoms with Gasteiger partial charge in [-0.3, -0.25) is 0 Å². The van der Waals surface area contributed by atoms with Crippen LogP contribution in [0.4, 0.5) is 10.8 Å². The first-order valence-electron chi connectivity index (χ1n) is 5.78. The monoisotopic (exact) mass is 308 g/mol. The maximum Gasteiger partial charge on any atom is 0.249 e. The van der Waals surface area contributed by atoms with Crippen LogP contribution in [-0.2, 0) is 14.8 Å². The quantitative estimate of drug-likeness (QED) is 0.736. The van der Waals surface area contributed by atoms with Gasteiger partial charge in [0.2, 0.25) is 10.0 Å². The molecule has 0 saturated heterocycles. The number of nitrogens with two attached hydrogens (primary N) is 1. The van der Waals surface area contributed by atoms with E-state index in [9.17, 15) is 8.42 Å². The average molecular weight is 308 g/mol. The van der Waals surface area contributed by atoms with E-state index in [0.717, 1.165) is 15.8 Å². The Labute approximate surface area is 118 Å². The lowest BCUT2D eigenvalue weighted by Gasteiger charge is -2.19. The van der Waals surface area contributed by atoms with Crippen LogP contribution in [0.5, 0.6) is 0 Å². The van der Waals surface area contributed by atoms with Gasteiger partial charge in [-0.15, -0.1) is 0 Å². The number of nitrogen functional groups attached to an aromatic ring is 1. The predicted octanol–water partition coefficient (Wildman–Crippen LogP) is 0.448. The van der Waals surface area contributed by atoms with Gasteiger partial charge >= 0.3 is 0 Å². The lowest BCUT2D eigenvalue weighted by Crippen LogP contribution is -2.27. The Morgan fingerprint density at radius 1 is 1.37 bits per heavy atom. The fourth-order valence-electron chi connectivity index (χ4n) is 1.40. The van der Waals surface area contributed by atoms with Crippen LogP contribution in [0.25, 0.3) is 0 Å². The molecule has 1 rings (SSSR count). The molecule has 1 aromatic heterocycles. The van der Waals surface area contributed by atoms with E-state index in [2.05, 4.69) is 4.37 Å². The fraction of sp³-hybridized carbons (Fsp3) is 0.700. The molecule has 1 heterocycles. The second kappa shape index (κ2) is 6.51. The Bertz CT molecular complexity index is 513. The molecule has 1 aromatic rings. The summed E-state index contributed by atoms with van der Waals surface area (Å²) in [4.78, 5) is 1.86. The Morgan fingerprint density at radius 2 is 2.00 bits per heavy atom. The number of ether oxygens (including phenoxy) is 1. The van der Waals surface area contributed by atoms with E-state index in [0.29, 0.717) is 24.8 Å². The van der Waals surface area contributed by atoms with E-state index < -0.39 is 10.0 Å². The number of nitrogens with zero attached hydrogens (tertiary/aromatic N) is 3. The first kappa shape index (κ1) is 16.2. The molecule has 0 amide bonds. The van der Waals surface area contributed by atoms with Gasteiger partial charge in [0.15, 0.2) is 10.7 Å². The van der Waals surface area contributed by atoms with Crippen LogP contribution in [0.2, 0.25) is 0 Å². The fourth-order valence-corrected chi connectivity index (χ4v) is 3.63. The van der Waals surface area contributed by atoms with Gasteiger partial charge in [0, 0.05) is 34.3 Å². The molecule has 7 nitrogen and oxygen atoms in total. The number of rotatable bonds is 7. The van der Waals surface area contributed by atoms with Gasteiger partial charge in [-0.25, -0.2) is 12.7 Å². The number of hydrogen-bond acceptors (Lipinski definition) is 7. The molecule has 0 aliphatic carbocycles. The average Bonchev–Trinajstić information content (AvgIpc) is 2.71. The summed E-state index contributed by atoms with van der Waals surface area (Å²) in [6, 6.07) is 0. The van der Waals surface area contributed by atoms with Crippen LogP contribution in [0, 0.1) is 0 Å². The molecule has 0 unspecified atom stereocenters. The minimum absolute atomic E-state index is 0.0389. The van der Waals surface area contributed by atoms with Crippen LogP contribution in [0.1, 0.15) is 6.92 Å². The summed E-state index contributed by atoms with van der Waals surface area (Å²) >= 11 is 1.08. The Hall–Kier alpha value is -0.900. The minimum Gasteiger partial charge on any atom is -0.382 e. The van der Waals surface area contributed by atoms with Gasteiger partial charge in [0.05, 0.1) is 6.61 Å². The minimum atomic E-state index is -3.60. The maximum absolute atomic E-state index is 12.2. The van der Waals surface area contributed by atoms with Gasteiger partial charge in [-0.1, -0.05) is 0 Å². The molecule has 0 aromatic carbocycles. The van der Waals surface area contributed by atoms with Crippen molar-refractivity contribution < 1.29 is 13.2 Å². The van der Waals surface area contributed by atoms with Crippen molar-refractivity contribution >= 4 is 32.4 Å². The second-order valence-electron chi connectivity index (χ2n) is 4.11. The molecule has 2 N–H and O–H groups in total. The standard InChI is InChI=1S/C10H20N4O3S2/c1-5-17-7-6-14(4)10-8(9(11)12-18-10)19(15,16)13(2)3/h5-7H2,1-4H3,(H2,11,12). The maximum atomic E-state index is 12.2. The number of likely N-dealkylation sites (N-methyl/N-ethyl adjacent to an activating group) is 1. The van der Waals surface area contributed by atoms with E-state index in [1.165, 1.54) is 14.1 Å². The molecular weight excluding hydrogens is 288 g/mol. The highest BCUT2D eigenvalue weighted by Gasteiger charge is 2.29. The second-order valence-corrected chi connectivity index (χ2v) is 6.95. The summed E-state index contributed by atoms with van der Waals surface area (Å²) in [5.74, 6) is 0.0389.